The Hall–Kier alpha value is -2.31. The van der Waals surface area contributed by atoms with Gasteiger partial charge in [0.1, 0.15) is 0 Å². The Morgan fingerprint density at radius 1 is 1.03 bits per heavy atom. The summed E-state index contributed by atoms with van der Waals surface area (Å²) in [6, 6.07) is 9.51. The third kappa shape index (κ3) is 3.63. The monoisotopic (exact) mass is 468 g/mol. The zero-order chi connectivity index (χ0) is 24.2. The molecule has 1 saturated heterocycles. The molecular formula is C32H40N2O. The molecule has 0 radical (unpaired) electrons. The fourth-order valence-corrected chi connectivity index (χ4v) is 8.52. The normalized spacial score (nSPS) is 36.5. The molecule has 2 N–H and O–H groups in total. The minimum absolute atomic E-state index is 0.00660. The second-order valence-electron chi connectivity index (χ2n) is 12.0. The first kappa shape index (κ1) is 23.1. The first-order valence-corrected chi connectivity index (χ1v) is 14.0. The minimum Gasteiger partial charge on any atom is -0.372 e. The topological polar surface area (TPSA) is 46.3 Å². The molecule has 2 saturated carbocycles. The Morgan fingerprint density at radius 3 is 2.54 bits per heavy atom. The van der Waals surface area contributed by atoms with Crippen LogP contribution in [0.5, 0.6) is 0 Å². The van der Waals surface area contributed by atoms with E-state index in [1.54, 1.807) is 5.57 Å². The van der Waals surface area contributed by atoms with E-state index in [0.29, 0.717) is 30.0 Å². The van der Waals surface area contributed by atoms with Gasteiger partial charge in [0, 0.05) is 36.5 Å². The van der Waals surface area contributed by atoms with Crippen molar-refractivity contribution >= 4 is 11.5 Å². The predicted molar refractivity (Wildman–Crippen MR) is 143 cm³/mol. The highest BCUT2D eigenvalue weighted by atomic mass is 16.1. The van der Waals surface area contributed by atoms with Gasteiger partial charge in [-0.05, 0) is 111 Å². The smallest absolute Gasteiger partial charge is 0.156 e. The molecule has 0 bridgehead atoms. The number of carbonyl (C=O) groups is 1. The third-order valence-corrected chi connectivity index (χ3v) is 10.4. The van der Waals surface area contributed by atoms with Gasteiger partial charge in [-0.1, -0.05) is 30.6 Å². The summed E-state index contributed by atoms with van der Waals surface area (Å²) in [7, 11) is 0. The molecule has 1 unspecified atom stereocenters. The zero-order valence-corrected chi connectivity index (χ0v) is 21.5. The van der Waals surface area contributed by atoms with Crippen molar-refractivity contribution in [3.8, 4) is 11.8 Å². The molecule has 5 atom stereocenters. The number of nitrogens with zero attached hydrogens (tertiary/aromatic N) is 1. The van der Waals surface area contributed by atoms with Crippen LogP contribution >= 0.6 is 0 Å². The van der Waals surface area contributed by atoms with Gasteiger partial charge < -0.3 is 10.6 Å². The van der Waals surface area contributed by atoms with Gasteiger partial charge in [-0.25, -0.2) is 0 Å². The van der Waals surface area contributed by atoms with Gasteiger partial charge in [0.05, 0.1) is 5.54 Å². The number of anilines is 1. The molecule has 0 aromatic heterocycles. The number of carbonyl (C=O) groups excluding carboxylic acids is 1. The van der Waals surface area contributed by atoms with E-state index in [0.717, 1.165) is 32.1 Å². The number of piperidine rings is 1. The average Bonchev–Trinajstić information content (AvgIpc) is 3.14. The number of hydrogen-bond donors (Lipinski definition) is 1. The number of rotatable bonds is 2. The van der Waals surface area contributed by atoms with Crippen LogP contribution in [-0.2, 0) is 4.79 Å². The molecule has 4 aliphatic carbocycles. The second kappa shape index (κ2) is 8.67. The summed E-state index contributed by atoms with van der Waals surface area (Å²) in [5, 5.41) is 0. The Labute approximate surface area is 211 Å². The van der Waals surface area contributed by atoms with E-state index in [-0.39, 0.29) is 5.41 Å². The number of nitrogens with two attached hydrogens (primary N) is 1. The zero-order valence-electron chi connectivity index (χ0n) is 21.5. The van der Waals surface area contributed by atoms with Gasteiger partial charge in [0.25, 0.3) is 0 Å². The van der Waals surface area contributed by atoms with Crippen LogP contribution < -0.4 is 10.6 Å². The van der Waals surface area contributed by atoms with E-state index in [2.05, 4.69) is 47.9 Å². The van der Waals surface area contributed by atoms with Crippen LogP contribution in [0.2, 0.25) is 0 Å². The van der Waals surface area contributed by atoms with Gasteiger partial charge in [-0.3, -0.25) is 4.79 Å². The summed E-state index contributed by atoms with van der Waals surface area (Å²) in [6.45, 7) is 6.73. The van der Waals surface area contributed by atoms with E-state index in [1.807, 2.05) is 13.0 Å². The van der Waals surface area contributed by atoms with Crippen LogP contribution in [0.15, 0.2) is 47.1 Å². The molecule has 1 aliphatic heterocycles. The average molecular weight is 469 g/mol. The fraction of sp³-hybridized carbons (Fsp3) is 0.594. The van der Waals surface area contributed by atoms with Gasteiger partial charge in [0.15, 0.2) is 5.78 Å². The number of allylic oxidation sites excluding steroid dienone is 4. The first-order chi connectivity index (χ1) is 16.9. The largest absolute Gasteiger partial charge is 0.372 e. The lowest BCUT2D eigenvalue weighted by Crippen LogP contribution is -2.55. The molecule has 35 heavy (non-hydrogen) atoms. The highest BCUT2D eigenvalue weighted by molar-refractivity contribution is 5.93. The summed E-state index contributed by atoms with van der Waals surface area (Å²) < 4.78 is 0. The Morgan fingerprint density at radius 2 is 1.80 bits per heavy atom. The van der Waals surface area contributed by atoms with Gasteiger partial charge in [-0.15, -0.1) is 5.92 Å². The van der Waals surface area contributed by atoms with E-state index < -0.39 is 5.54 Å². The van der Waals surface area contributed by atoms with Crippen molar-refractivity contribution in [2.75, 3.05) is 18.0 Å². The molecule has 0 amide bonds. The molecule has 3 heteroatoms. The van der Waals surface area contributed by atoms with Crippen LogP contribution in [0.25, 0.3) is 0 Å². The number of benzene rings is 1. The predicted octanol–water partition coefficient (Wildman–Crippen LogP) is 6.30. The van der Waals surface area contributed by atoms with E-state index >= 15 is 0 Å². The molecule has 184 valence electrons. The Bertz CT molecular complexity index is 1140. The van der Waals surface area contributed by atoms with Crippen molar-refractivity contribution in [2.24, 2.45) is 23.0 Å². The molecule has 3 fully saturated rings. The first-order valence-electron chi connectivity index (χ1n) is 14.0. The Balaban J connectivity index is 1.44. The molecular weight excluding hydrogens is 428 g/mol. The summed E-state index contributed by atoms with van der Waals surface area (Å²) in [5.41, 5.74) is 14.0. The molecule has 1 aromatic rings. The third-order valence-electron chi connectivity index (χ3n) is 10.4. The van der Waals surface area contributed by atoms with Crippen LogP contribution in [-0.4, -0.2) is 24.4 Å². The standard InChI is InChI=1S/C32H40N2O/c1-3-16-32(33)17-15-29-27-13-9-23-20-25(35)12-14-26(23)30(27)28(21-31(29,32)2)22-7-10-24(11-8-22)34-18-5-4-6-19-34/h7-8,10-11,20,27-29H,4-6,9,12-15,17-19,21,33H2,1-2H3/t27-,28?,29-,31-,32-/m0/s1. The van der Waals surface area contributed by atoms with Crippen molar-refractivity contribution in [1.29, 1.82) is 0 Å². The van der Waals surface area contributed by atoms with Gasteiger partial charge in [0.2, 0.25) is 0 Å². The van der Waals surface area contributed by atoms with Crippen LogP contribution in [0.4, 0.5) is 5.69 Å². The Kier molecular flexibility index (Phi) is 5.72. The lowest BCUT2D eigenvalue weighted by atomic mass is 9.51. The maximum atomic E-state index is 12.3. The summed E-state index contributed by atoms with van der Waals surface area (Å²) in [6.07, 6.45) is 12.9. The van der Waals surface area contributed by atoms with Crippen molar-refractivity contribution in [3.05, 3.63) is 52.6 Å². The van der Waals surface area contributed by atoms with E-state index in [9.17, 15) is 4.79 Å². The van der Waals surface area contributed by atoms with Crippen molar-refractivity contribution in [3.63, 3.8) is 0 Å². The van der Waals surface area contributed by atoms with Crippen LogP contribution in [0.1, 0.15) is 89.5 Å². The highest BCUT2D eigenvalue weighted by Crippen LogP contribution is 2.66. The number of ketones is 1. The number of hydrogen-bond acceptors (Lipinski definition) is 3. The summed E-state index contributed by atoms with van der Waals surface area (Å²) >= 11 is 0. The van der Waals surface area contributed by atoms with Crippen molar-refractivity contribution < 1.29 is 4.79 Å². The second-order valence-corrected chi connectivity index (χ2v) is 12.0. The maximum absolute atomic E-state index is 12.3. The molecule has 0 spiro atoms. The van der Waals surface area contributed by atoms with Crippen molar-refractivity contribution in [1.82, 2.24) is 0 Å². The van der Waals surface area contributed by atoms with E-state index in [4.69, 9.17) is 5.73 Å². The highest BCUT2D eigenvalue weighted by Gasteiger charge is 2.61. The summed E-state index contributed by atoms with van der Waals surface area (Å²) in [5.74, 6) is 8.50. The quantitative estimate of drug-likeness (QED) is 0.518. The molecule has 1 heterocycles. The van der Waals surface area contributed by atoms with E-state index in [1.165, 1.54) is 61.2 Å². The summed E-state index contributed by atoms with van der Waals surface area (Å²) in [4.78, 5) is 14.8. The maximum Gasteiger partial charge on any atom is 0.156 e. The van der Waals surface area contributed by atoms with Crippen LogP contribution in [0, 0.1) is 29.1 Å². The SMILES string of the molecule is CC#C[C@]1(N)CC[C@H]2[C@@H]3CCC4=CC(=O)CCC4=C3C(c3ccc(N4CCCCC4)cc3)C[C@@]21C. The minimum atomic E-state index is -0.409. The molecule has 3 nitrogen and oxygen atoms in total. The molecule has 1 aromatic carbocycles. The van der Waals surface area contributed by atoms with Crippen LogP contribution in [0.3, 0.4) is 0 Å². The van der Waals surface area contributed by atoms with Gasteiger partial charge in [-0.2, -0.15) is 0 Å². The number of fused-ring (bicyclic) bond motifs is 4. The fourth-order valence-electron chi connectivity index (χ4n) is 8.52. The molecule has 5 aliphatic rings. The van der Waals surface area contributed by atoms with Gasteiger partial charge >= 0.3 is 0 Å². The molecule has 6 rings (SSSR count). The lowest BCUT2D eigenvalue weighted by molar-refractivity contribution is -0.114. The van der Waals surface area contributed by atoms with Crippen molar-refractivity contribution in [2.45, 2.75) is 89.5 Å². The lowest BCUT2D eigenvalue weighted by Gasteiger charge is -2.54.